The first-order valence-electron chi connectivity index (χ1n) is 14.2. The van der Waals surface area contributed by atoms with E-state index >= 15 is 4.39 Å². The van der Waals surface area contributed by atoms with E-state index in [9.17, 15) is 23.8 Å². The highest BCUT2D eigenvalue weighted by atomic mass is 19.1. The molecule has 43 heavy (non-hydrogen) atoms. The summed E-state index contributed by atoms with van der Waals surface area (Å²) in [5.74, 6) is 0.289. The summed E-state index contributed by atoms with van der Waals surface area (Å²) in [6.07, 6.45) is 7.03. The number of pyridine rings is 1. The molecular weight excluding hydrogens is 563 g/mol. The Morgan fingerprint density at radius 3 is 2.81 bits per heavy atom. The Kier molecular flexibility index (Phi) is 6.48. The van der Waals surface area contributed by atoms with Gasteiger partial charge in [0.15, 0.2) is 5.82 Å². The summed E-state index contributed by atoms with van der Waals surface area (Å²) in [7, 11) is 0. The van der Waals surface area contributed by atoms with Crippen LogP contribution in [0.25, 0.3) is 32.9 Å². The van der Waals surface area contributed by atoms with E-state index in [0.29, 0.717) is 31.2 Å². The summed E-state index contributed by atoms with van der Waals surface area (Å²) in [6.45, 7) is 1.14. The molecule has 3 aliphatic rings. The summed E-state index contributed by atoms with van der Waals surface area (Å²) in [6, 6.07) is 4.43. The zero-order valence-electron chi connectivity index (χ0n) is 23.0. The van der Waals surface area contributed by atoms with Crippen molar-refractivity contribution in [3.05, 3.63) is 51.8 Å². The molecule has 3 fully saturated rings. The molecule has 0 amide bonds. The van der Waals surface area contributed by atoms with Gasteiger partial charge in [0.05, 0.1) is 28.9 Å². The van der Waals surface area contributed by atoms with Crippen LogP contribution < -0.4 is 15.6 Å². The first-order chi connectivity index (χ1) is 20.7. The molecule has 0 radical (unpaired) electrons. The number of rotatable bonds is 6. The number of phenols is 1. The molecular formula is C31H28F3N5O4. The average Bonchev–Trinajstić information content (AvgIpc) is 3.51. The monoisotopic (exact) mass is 591 g/mol. The quantitative estimate of drug-likeness (QED) is 0.248. The molecule has 4 N–H and O–H groups in total. The van der Waals surface area contributed by atoms with Gasteiger partial charge in [0.25, 0.3) is 5.56 Å². The molecule has 0 unspecified atom stereocenters. The predicted molar refractivity (Wildman–Crippen MR) is 154 cm³/mol. The van der Waals surface area contributed by atoms with Gasteiger partial charge in [-0.3, -0.25) is 9.69 Å². The third kappa shape index (κ3) is 4.46. The van der Waals surface area contributed by atoms with E-state index in [4.69, 9.17) is 11.2 Å². The van der Waals surface area contributed by atoms with Gasteiger partial charge in [-0.1, -0.05) is 12.0 Å². The smallest absolute Gasteiger partial charge is 0.319 e. The Hall–Kier alpha value is -4.34. The number of anilines is 1. The topological polar surface area (TPSA) is 124 Å². The molecule has 2 aliphatic heterocycles. The molecule has 1 aliphatic carbocycles. The van der Waals surface area contributed by atoms with Crippen LogP contribution in [-0.2, 0) is 0 Å². The lowest BCUT2D eigenvalue weighted by atomic mass is 9.89. The number of nitrogens with zero attached hydrogens (tertiary/aromatic N) is 3. The molecule has 12 heteroatoms. The van der Waals surface area contributed by atoms with Gasteiger partial charge in [-0.2, -0.15) is 9.97 Å². The van der Waals surface area contributed by atoms with Crippen molar-refractivity contribution in [2.24, 2.45) is 0 Å². The van der Waals surface area contributed by atoms with Gasteiger partial charge >= 0.3 is 6.01 Å². The summed E-state index contributed by atoms with van der Waals surface area (Å²) >= 11 is 0. The first-order valence-corrected chi connectivity index (χ1v) is 14.2. The van der Waals surface area contributed by atoms with Gasteiger partial charge in [-0.15, -0.1) is 6.42 Å². The molecule has 2 aromatic heterocycles. The van der Waals surface area contributed by atoms with E-state index in [1.165, 1.54) is 18.2 Å². The molecule has 2 aromatic carbocycles. The van der Waals surface area contributed by atoms with Crippen molar-refractivity contribution >= 4 is 27.5 Å². The largest absolute Gasteiger partial charge is 0.508 e. The van der Waals surface area contributed by atoms with Gasteiger partial charge in [0.1, 0.15) is 41.1 Å². The number of aromatic amines is 1. The van der Waals surface area contributed by atoms with Crippen LogP contribution in [0.5, 0.6) is 11.8 Å². The summed E-state index contributed by atoms with van der Waals surface area (Å²) < 4.78 is 51.6. The number of nitrogens with one attached hydrogen (secondary N) is 2. The van der Waals surface area contributed by atoms with Crippen LogP contribution in [0.15, 0.2) is 29.1 Å². The van der Waals surface area contributed by atoms with E-state index < -0.39 is 41.1 Å². The number of aliphatic hydroxyl groups excluding tert-OH is 1. The van der Waals surface area contributed by atoms with Crippen LogP contribution in [-0.4, -0.2) is 73.6 Å². The number of terminal acetylenes is 1. The van der Waals surface area contributed by atoms with Crippen molar-refractivity contribution in [3.63, 3.8) is 0 Å². The molecule has 222 valence electrons. The summed E-state index contributed by atoms with van der Waals surface area (Å²) in [5, 5.41) is 23.9. The maximum Gasteiger partial charge on any atom is 0.319 e. The molecule has 9 nitrogen and oxygen atoms in total. The first kappa shape index (κ1) is 27.5. The Morgan fingerprint density at radius 2 is 2.07 bits per heavy atom. The maximum atomic E-state index is 16.5. The number of hydrogen-bond donors (Lipinski definition) is 4. The number of phenolic OH excluding ortho intramolecular Hbond substituents is 1. The Balaban J connectivity index is 1.39. The predicted octanol–water partition coefficient (Wildman–Crippen LogP) is 3.99. The standard InChI is InChI=1S/C31H28F3N5O4/c1-2-18-20(33)5-4-15-10-17(40)11-19(23(15)18)26-25(34)27-24(29(42)36-26)28(35-21-6-7-22(21)41)38-30(37-27)43-14-31-8-3-9-39(31)13-16(32)12-31/h1,4-5,10-11,16,21-22,40-41H,3,6-9,12-14H2,(H,36,42)(H,35,37,38)/t16-,21-,22+,31+/m1/s1. The Labute approximate surface area is 243 Å². The number of alkyl halides is 1. The SMILES string of the molecule is C#Cc1c(F)ccc2cc(O)cc(-c3[nH]c(=O)c4c(N[C@@H]5CC[C@@H]5O)nc(OC[C@@]56CCCN5C[C@H](F)C6)nc4c3F)c12. The number of aromatic hydroxyl groups is 1. The number of aromatic nitrogens is 3. The van der Waals surface area contributed by atoms with E-state index in [1.54, 1.807) is 0 Å². The minimum atomic E-state index is -0.983. The molecule has 0 bridgehead atoms. The van der Waals surface area contributed by atoms with Crippen molar-refractivity contribution in [1.29, 1.82) is 0 Å². The third-order valence-electron chi connectivity index (χ3n) is 9.04. The van der Waals surface area contributed by atoms with Crippen molar-refractivity contribution in [1.82, 2.24) is 19.9 Å². The Morgan fingerprint density at radius 1 is 1.23 bits per heavy atom. The second-order valence-electron chi connectivity index (χ2n) is 11.6. The molecule has 7 rings (SSSR count). The minimum Gasteiger partial charge on any atom is -0.508 e. The summed E-state index contributed by atoms with van der Waals surface area (Å²) in [4.78, 5) is 26.8. The highest BCUT2D eigenvalue weighted by Gasteiger charge is 2.49. The fourth-order valence-corrected chi connectivity index (χ4v) is 6.76. The lowest BCUT2D eigenvalue weighted by molar-refractivity contribution is 0.0783. The minimum absolute atomic E-state index is 0.0258. The van der Waals surface area contributed by atoms with Crippen LogP contribution in [0.3, 0.4) is 0 Å². The van der Waals surface area contributed by atoms with Crippen LogP contribution >= 0.6 is 0 Å². The van der Waals surface area contributed by atoms with Gasteiger partial charge in [-0.05, 0) is 55.8 Å². The fourth-order valence-electron chi connectivity index (χ4n) is 6.76. The van der Waals surface area contributed by atoms with E-state index in [1.807, 2.05) is 0 Å². The van der Waals surface area contributed by atoms with Crippen molar-refractivity contribution in [3.8, 4) is 35.4 Å². The number of benzene rings is 2. The van der Waals surface area contributed by atoms with Gasteiger partial charge in [-0.25, -0.2) is 13.2 Å². The van der Waals surface area contributed by atoms with Crippen LogP contribution in [0, 0.1) is 24.0 Å². The number of fused-ring (bicyclic) bond motifs is 3. The van der Waals surface area contributed by atoms with E-state index in [2.05, 4.69) is 31.1 Å². The average molecular weight is 592 g/mol. The normalized spacial score (nSPS) is 25.0. The van der Waals surface area contributed by atoms with Crippen molar-refractivity contribution < 1.29 is 28.1 Å². The lowest BCUT2D eigenvalue weighted by Crippen LogP contribution is -2.44. The van der Waals surface area contributed by atoms with E-state index in [-0.39, 0.29) is 57.3 Å². The molecule has 4 heterocycles. The number of halogens is 3. The lowest BCUT2D eigenvalue weighted by Gasteiger charge is -2.33. The molecule has 4 atom stereocenters. The van der Waals surface area contributed by atoms with Gasteiger partial charge in [0, 0.05) is 23.9 Å². The second-order valence-corrected chi connectivity index (χ2v) is 11.6. The van der Waals surface area contributed by atoms with Crippen molar-refractivity contribution in [2.45, 2.75) is 56.0 Å². The summed E-state index contributed by atoms with van der Waals surface area (Å²) in [5.41, 5.74) is -2.24. The van der Waals surface area contributed by atoms with Crippen molar-refractivity contribution in [2.75, 3.05) is 25.0 Å². The number of H-pyrrole nitrogens is 1. The number of ether oxygens (including phenoxy) is 1. The van der Waals surface area contributed by atoms with Crippen LogP contribution in [0.1, 0.15) is 37.7 Å². The zero-order valence-corrected chi connectivity index (χ0v) is 23.0. The maximum absolute atomic E-state index is 16.5. The highest BCUT2D eigenvalue weighted by molar-refractivity contribution is 6.02. The molecule has 4 aromatic rings. The van der Waals surface area contributed by atoms with Crippen LogP contribution in [0.2, 0.25) is 0 Å². The van der Waals surface area contributed by atoms with Gasteiger partial charge < -0.3 is 25.3 Å². The highest BCUT2D eigenvalue weighted by Crippen LogP contribution is 2.41. The molecule has 1 saturated carbocycles. The Bertz CT molecular complexity index is 1890. The third-order valence-corrected chi connectivity index (χ3v) is 9.04. The molecule has 2 saturated heterocycles. The van der Waals surface area contributed by atoms with Crippen LogP contribution in [0.4, 0.5) is 19.0 Å². The fraction of sp³-hybridized carbons (Fsp3) is 0.387. The van der Waals surface area contributed by atoms with E-state index in [0.717, 1.165) is 25.5 Å². The van der Waals surface area contributed by atoms with Gasteiger partial charge in [0.2, 0.25) is 0 Å². The number of hydrogen-bond acceptors (Lipinski definition) is 8. The number of aliphatic hydroxyl groups is 1. The zero-order chi connectivity index (χ0) is 30.0. The molecule has 0 spiro atoms. The second kappa shape index (κ2) is 10.1.